The molecule has 0 spiro atoms. The van der Waals surface area contributed by atoms with Crippen LogP contribution in [0.15, 0.2) is 12.2 Å². The molecule has 0 rings (SSSR count). The number of carbonyl (C=O) groups is 1. The number of aliphatic hydroxyl groups is 1. The molecule has 0 aliphatic heterocycles. The Hall–Kier alpha value is -0.830. The average Bonchev–Trinajstić information content (AvgIpc) is 1.88. The zero-order valence-corrected chi connectivity index (χ0v) is 5.80. The third-order valence-corrected chi connectivity index (χ3v) is 1.18. The summed E-state index contributed by atoms with van der Waals surface area (Å²) in [5, 5.41) is 18.3. The fourth-order valence-corrected chi connectivity index (χ4v) is 0.552. The Morgan fingerprint density at radius 1 is 1.50 bits per heavy atom. The number of unbranched alkanes of at least 4 members (excludes halogenated alkanes) is 1. The summed E-state index contributed by atoms with van der Waals surface area (Å²) in [6, 6.07) is 0. The van der Waals surface area contributed by atoms with Gasteiger partial charge in [0.15, 0.2) is 0 Å². The number of carboxylic acid groups (broad SMARTS) is 1. The molecule has 0 atom stereocenters. The second-order valence-corrected chi connectivity index (χ2v) is 2.07. The number of aliphatic carboxylic acids is 1. The van der Waals surface area contributed by atoms with E-state index in [1.807, 2.05) is 0 Å². The van der Waals surface area contributed by atoms with E-state index in [4.69, 9.17) is 5.11 Å². The Balaban J connectivity index is 3.31. The van der Waals surface area contributed by atoms with Crippen LogP contribution in [-0.4, -0.2) is 17.7 Å². The van der Waals surface area contributed by atoms with Gasteiger partial charge >= 0.3 is 0 Å². The van der Waals surface area contributed by atoms with Crippen LogP contribution < -0.4 is 5.11 Å². The largest absolute Gasteiger partial charge is 0.545 e. The van der Waals surface area contributed by atoms with E-state index in [-0.39, 0.29) is 12.2 Å². The molecule has 0 heterocycles. The van der Waals surface area contributed by atoms with Crippen LogP contribution in [0, 0.1) is 0 Å². The maximum Gasteiger partial charge on any atom is 0.0668 e. The summed E-state index contributed by atoms with van der Waals surface area (Å²) in [5.41, 5.74) is 0.105. The van der Waals surface area contributed by atoms with Gasteiger partial charge in [-0.25, -0.2) is 0 Å². The molecule has 0 aliphatic carbocycles. The zero-order valence-electron chi connectivity index (χ0n) is 5.80. The molecule has 0 amide bonds. The molecule has 58 valence electrons. The minimum absolute atomic E-state index is 0.0975. The van der Waals surface area contributed by atoms with Gasteiger partial charge in [0.1, 0.15) is 0 Å². The van der Waals surface area contributed by atoms with Gasteiger partial charge in [0.2, 0.25) is 0 Å². The van der Waals surface area contributed by atoms with Gasteiger partial charge in [0.05, 0.1) is 5.97 Å². The summed E-state index contributed by atoms with van der Waals surface area (Å²) in [4.78, 5) is 10.0. The van der Waals surface area contributed by atoms with E-state index in [0.717, 1.165) is 0 Å². The van der Waals surface area contributed by atoms with Crippen LogP contribution in [0.25, 0.3) is 0 Å². The fraction of sp³-hybridized carbons (Fsp3) is 0.571. The molecule has 0 saturated heterocycles. The second kappa shape index (κ2) is 4.99. The maximum atomic E-state index is 10.0. The van der Waals surface area contributed by atoms with Gasteiger partial charge in [0.25, 0.3) is 0 Å². The lowest BCUT2D eigenvalue weighted by atomic mass is 10.1. The van der Waals surface area contributed by atoms with Gasteiger partial charge in [-0.2, -0.15) is 0 Å². The van der Waals surface area contributed by atoms with Crippen molar-refractivity contribution in [1.29, 1.82) is 0 Å². The van der Waals surface area contributed by atoms with Crippen molar-refractivity contribution in [2.75, 3.05) is 6.61 Å². The minimum atomic E-state index is -1.20. The average molecular weight is 143 g/mol. The predicted octanol–water partition coefficient (Wildman–Crippen LogP) is -0.545. The van der Waals surface area contributed by atoms with Crippen molar-refractivity contribution < 1.29 is 15.0 Å². The molecule has 0 fully saturated rings. The zero-order chi connectivity index (χ0) is 7.98. The normalized spacial score (nSPS) is 9.30. The van der Waals surface area contributed by atoms with Crippen LogP contribution in [0.3, 0.4) is 0 Å². The minimum Gasteiger partial charge on any atom is -0.545 e. The van der Waals surface area contributed by atoms with Crippen LogP contribution in [0.2, 0.25) is 0 Å². The molecule has 1 N–H and O–H groups in total. The highest BCUT2D eigenvalue weighted by atomic mass is 16.4. The SMILES string of the molecule is C=C(CCCCO)C(=O)[O-]. The molecule has 10 heavy (non-hydrogen) atoms. The first-order chi connectivity index (χ1) is 4.68. The van der Waals surface area contributed by atoms with Crippen molar-refractivity contribution in [2.24, 2.45) is 0 Å². The number of carboxylic acids is 1. The highest BCUT2D eigenvalue weighted by Crippen LogP contribution is 2.02. The van der Waals surface area contributed by atoms with Crippen molar-refractivity contribution in [2.45, 2.75) is 19.3 Å². The van der Waals surface area contributed by atoms with Gasteiger partial charge in [-0.1, -0.05) is 6.58 Å². The van der Waals surface area contributed by atoms with E-state index in [1.54, 1.807) is 0 Å². The quantitative estimate of drug-likeness (QED) is 0.415. The third kappa shape index (κ3) is 4.09. The first-order valence-electron chi connectivity index (χ1n) is 3.18. The van der Waals surface area contributed by atoms with Gasteiger partial charge in [0, 0.05) is 6.61 Å². The topological polar surface area (TPSA) is 60.4 Å². The second-order valence-electron chi connectivity index (χ2n) is 2.07. The molecule has 3 heteroatoms. The van der Waals surface area contributed by atoms with Crippen molar-refractivity contribution in [3.8, 4) is 0 Å². The fourth-order valence-electron chi connectivity index (χ4n) is 0.552. The maximum absolute atomic E-state index is 10.0. The van der Waals surface area contributed by atoms with Gasteiger partial charge in [-0.05, 0) is 24.8 Å². The number of rotatable bonds is 5. The van der Waals surface area contributed by atoms with E-state index in [2.05, 4.69) is 6.58 Å². The molecule has 3 nitrogen and oxygen atoms in total. The van der Waals surface area contributed by atoms with Crippen molar-refractivity contribution in [3.05, 3.63) is 12.2 Å². The number of hydrogen-bond donors (Lipinski definition) is 1. The molecule has 0 aromatic carbocycles. The lowest BCUT2D eigenvalue weighted by Crippen LogP contribution is -2.23. The highest BCUT2D eigenvalue weighted by molar-refractivity contribution is 5.83. The Labute approximate surface area is 60.0 Å². The molecule has 0 radical (unpaired) electrons. The van der Waals surface area contributed by atoms with Crippen LogP contribution in [0.5, 0.6) is 0 Å². The molecular weight excluding hydrogens is 132 g/mol. The summed E-state index contributed by atoms with van der Waals surface area (Å²) in [6.45, 7) is 3.38. The summed E-state index contributed by atoms with van der Waals surface area (Å²) in [6.07, 6.45) is 1.68. The van der Waals surface area contributed by atoms with Crippen LogP contribution >= 0.6 is 0 Å². The molecule has 0 saturated carbocycles. The van der Waals surface area contributed by atoms with Gasteiger partial charge in [-0.15, -0.1) is 0 Å². The molecular formula is C7H11O3-. The lowest BCUT2D eigenvalue weighted by Gasteiger charge is -2.03. The van der Waals surface area contributed by atoms with Gasteiger partial charge in [-0.3, -0.25) is 0 Å². The van der Waals surface area contributed by atoms with Crippen molar-refractivity contribution in [3.63, 3.8) is 0 Å². The first-order valence-corrected chi connectivity index (χ1v) is 3.18. The number of aliphatic hydroxyl groups excluding tert-OH is 1. The van der Waals surface area contributed by atoms with Gasteiger partial charge < -0.3 is 15.0 Å². The summed E-state index contributed by atoms with van der Waals surface area (Å²) >= 11 is 0. The molecule has 0 aromatic rings. The van der Waals surface area contributed by atoms with Crippen LogP contribution in [0.1, 0.15) is 19.3 Å². The summed E-state index contributed by atoms with van der Waals surface area (Å²) in [5.74, 6) is -1.20. The Bertz CT molecular complexity index is 129. The predicted molar refractivity (Wildman–Crippen MR) is 35.1 cm³/mol. The van der Waals surface area contributed by atoms with E-state index in [1.165, 1.54) is 0 Å². The van der Waals surface area contributed by atoms with Crippen molar-refractivity contribution >= 4 is 5.97 Å². The highest BCUT2D eigenvalue weighted by Gasteiger charge is 1.93. The number of carbonyl (C=O) groups excluding carboxylic acids is 1. The monoisotopic (exact) mass is 143 g/mol. The van der Waals surface area contributed by atoms with E-state index in [0.29, 0.717) is 19.3 Å². The molecule has 0 unspecified atom stereocenters. The molecule has 0 aliphatic rings. The molecule has 0 aromatic heterocycles. The van der Waals surface area contributed by atoms with E-state index >= 15 is 0 Å². The number of hydrogen-bond acceptors (Lipinski definition) is 3. The Morgan fingerprint density at radius 3 is 2.50 bits per heavy atom. The standard InChI is InChI=1S/C7H12O3/c1-6(7(9)10)4-2-3-5-8/h8H,1-5H2,(H,9,10)/p-1. The Morgan fingerprint density at radius 2 is 2.10 bits per heavy atom. The Kier molecular flexibility index (Phi) is 4.58. The first kappa shape index (κ1) is 9.17. The van der Waals surface area contributed by atoms with Crippen molar-refractivity contribution in [1.82, 2.24) is 0 Å². The lowest BCUT2D eigenvalue weighted by molar-refractivity contribution is -0.299. The third-order valence-electron chi connectivity index (χ3n) is 1.18. The smallest absolute Gasteiger partial charge is 0.0668 e. The van der Waals surface area contributed by atoms with E-state index < -0.39 is 5.97 Å². The van der Waals surface area contributed by atoms with E-state index in [9.17, 15) is 9.90 Å². The van der Waals surface area contributed by atoms with Crippen LogP contribution in [-0.2, 0) is 4.79 Å². The molecule has 0 bridgehead atoms. The summed E-state index contributed by atoms with van der Waals surface area (Å²) in [7, 11) is 0. The van der Waals surface area contributed by atoms with Crippen LogP contribution in [0.4, 0.5) is 0 Å². The summed E-state index contributed by atoms with van der Waals surface area (Å²) < 4.78 is 0.